The van der Waals surface area contributed by atoms with Gasteiger partial charge in [-0.25, -0.2) is 4.98 Å². The van der Waals surface area contributed by atoms with Crippen molar-refractivity contribution in [3.05, 3.63) is 11.8 Å². The molecule has 1 heterocycles. The number of aliphatic hydroxyl groups excluding tert-OH is 1. The Kier molecular flexibility index (Phi) is 5.31. The quantitative estimate of drug-likeness (QED) is 0.720. The lowest BCUT2D eigenvalue weighted by Gasteiger charge is -2.13. The van der Waals surface area contributed by atoms with E-state index in [9.17, 15) is 18.3 Å². The van der Waals surface area contributed by atoms with Crippen molar-refractivity contribution in [2.24, 2.45) is 0 Å². The number of ether oxygens (including phenoxy) is 1. The van der Waals surface area contributed by atoms with E-state index in [-0.39, 0.29) is 24.9 Å². The normalized spacial score (nSPS) is 13.2. The van der Waals surface area contributed by atoms with Crippen molar-refractivity contribution in [1.82, 2.24) is 9.97 Å². The largest absolute Gasteiger partial charge is 0.433 e. The zero-order valence-corrected chi connectivity index (χ0v) is 10.5. The predicted molar refractivity (Wildman–Crippen MR) is 63.0 cm³/mol. The molecule has 0 aliphatic carbocycles. The number of halogens is 3. The van der Waals surface area contributed by atoms with E-state index in [2.05, 4.69) is 20.6 Å². The number of nitrogens with one attached hydrogen (secondary N) is 2. The highest BCUT2D eigenvalue weighted by atomic mass is 19.4. The third-order valence-electron chi connectivity index (χ3n) is 2.12. The molecule has 6 nitrogen and oxygen atoms in total. The number of nitrogens with zero attached hydrogens (tertiary/aromatic N) is 2. The van der Waals surface area contributed by atoms with Crippen LogP contribution in [0.15, 0.2) is 6.07 Å². The molecule has 108 valence electrons. The molecule has 0 radical (unpaired) electrons. The maximum Gasteiger partial charge on any atom is 0.433 e. The van der Waals surface area contributed by atoms with Crippen molar-refractivity contribution in [2.75, 3.05) is 37.9 Å². The van der Waals surface area contributed by atoms with Gasteiger partial charge in [-0.2, -0.15) is 18.2 Å². The van der Waals surface area contributed by atoms with Crippen LogP contribution >= 0.6 is 0 Å². The molecule has 1 aromatic heterocycles. The van der Waals surface area contributed by atoms with Gasteiger partial charge in [-0.3, -0.25) is 0 Å². The molecule has 9 heteroatoms. The average Bonchev–Trinajstić information content (AvgIpc) is 2.35. The fourth-order valence-electron chi connectivity index (χ4n) is 1.27. The van der Waals surface area contributed by atoms with Crippen molar-refractivity contribution in [3.63, 3.8) is 0 Å². The summed E-state index contributed by atoms with van der Waals surface area (Å²) in [6.45, 7) is 0.0917. The first-order valence-electron chi connectivity index (χ1n) is 5.41. The van der Waals surface area contributed by atoms with Gasteiger partial charge in [-0.15, -0.1) is 0 Å². The molecule has 19 heavy (non-hydrogen) atoms. The van der Waals surface area contributed by atoms with Crippen LogP contribution in [-0.4, -0.2) is 48.5 Å². The molecule has 1 unspecified atom stereocenters. The maximum atomic E-state index is 12.6. The lowest BCUT2D eigenvalue weighted by molar-refractivity contribution is -0.141. The Labute approximate surface area is 108 Å². The maximum absolute atomic E-state index is 12.6. The van der Waals surface area contributed by atoms with E-state index in [1.54, 1.807) is 0 Å². The van der Waals surface area contributed by atoms with Crippen LogP contribution in [0.4, 0.5) is 24.9 Å². The van der Waals surface area contributed by atoms with E-state index in [4.69, 9.17) is 4.74 Å². The highest BCUT2D eigenvalue weighted by Gasteiger charge is 2.33. The van der Waals surface area contributed by atoms with Gasteiger partial charge in [0.25, 0.3) is 0 Å². The van der Waals surface area contributed by atoms with Crippen LogP contribution in [0.1, 0.15) is 5.69 Å². The summed E-state index contributed by atoms with van der Waals surface area (Å²) in [6, 6.07) is 0.778. The third-order valence-corrected chi connectivity index (χ3v) is 2.12. The van der Waals surface area contributed by atoms with Crippen molar-refractivity contribution >= 4 is 11.8 Å². The van der Waals surface area contributed by atoms with Crippen molar-refractivity contribution < 1.29 is 23.0 Å². The number of hydrogen-bond donors (Lipinski definition) is 3. The molecule has 0 spiro atoms. The summed E-state index contributed by atoms with van der Waals surface area (Å²) in [7, 11) is 2.83. The Morgan fingerprint density at radius 2 is 2.11 bits per heavy atom. The zero-order valence-electron chi connectivity index (χ0n) is 10.5. The number of rotatable bonds is 6. The van der Waals surface area contributed by atoms with Gasteiger partial charge in [-0.05, 0) is 0 Å². The smallest absolute Gasteiger partial charge is 0.389 e. The minimum Gasteiger partial charge on any atom is -0.389 e. The van der Waals surface area contributed by atoms with Gasteiger partial charge in [0.2, 0.25) is 5.95 Å². The van der Waals surface area contributed by atoms with E-state index >= 15 is 0 Å². The van der Waals surface area contributed by atoms with E-state index in [0.29, 0.717) is 0 Å². The van der Waals surface area contributed by atoms with Gasteiger partial charge in [0.05, 0.1) is 12.7 Å². The van der Waals surface area contributed by atoms with Crippen LogP contribution in [-0.2, 0) is 10.9 Å². The highest BCUT2D eigenvalue weighted by Crippen LogP contribution is 2.29. The second-order valence-electron chi connectivity index (χ2n) is 3.70. The summed E-state index contributed by atoms with van der Waals surface area (Å²) in [5.41, 5.74) is -1.06. The topological polar surface area (TPSA) is 79.3 Å². The van der Waals surface area contributed by atoms with Gasteiger partial charge in [0.15, 0.2) is 5.69 Å². The molecule has 0 aliphatic rings. The van der Waals surface area contributed by atoms with Crippen LogP contribution in [0, 0.1) is 0 Å². The van der Waals surface area contributed by atoms with Crippen LogP contribution < -0.4 is 10.6 Å². The number of methoxy groups -OCH3 is 1. The van der Waals surface area contributed by atoms with Crippen molar-refractivity contribution in [2.45, 2.75) is 12.3 Å². The minimum absolute atomic E-state index is 0.0192. The fraction of sp³-hybridized carbons (Fsp3) is 0.600. The van der Waals surface area contributed by atoms with Gasteiger partial charge < -0.3 is 20.5 Å². The zero-order chi connectivity index (χ0) is 14.5. The molecular formula is C10H15F3N4O2. The molecule has 0 aromatic carbocycles. The van der Waals surface area contributed by atoms with E-state index in [0.717, 1.165) is 6.07 Å². The molecule has 1 atom stereocenters. The second kappa shape index (κ2) is 6.53. The SMILES string of the molecule is CNc1nc(NCC(O)COC)cc(C(F)(F)F)n1. The lowest BCUT2D eigenvalue weighted by atomic mass is 10.3. The first-order chi connectivity index (χ1) is 8.86. The molecule has 0 saturated heterocycles. The predicted octanol–water partition coefficient (Wildman–Crippen LogP) is 0.956. The molecule has 0 saturated carbocycles. The van der Waals surface area contributed by atoms with Crippen molar-refractivity contribution in [1.29, 1.82) is 0 Å². The number of aromatic nitrogens is 2. The lowest BCUT2D eigenvalue weighted by Crippen LogP contribution is -2.25. The Balaban J connectivity index is 2.83. The van der Waals surface area contributed by atoms with Gasteiger partial charge in [0, 0.05) is 26.8 Å². The third kappa shape index (κ3) is 4.87. The van der Waals surface area contributed by atoms with Crippen molar-refractivity contribution in [3.8, 4) is 0 Å². The standard InChI is InChI=1S/C10H15F3N4O2/c1-14-9-16-7(10(11,12)13)3-8(17-9)15-4-6(18)5-19-2/h3,6,18H,4-5H2,1-2H3,(H2,14,15,16,17). The summed E-state index contributed by atoms with van der Waals surface area (Å²) in [6.07, 6.45) is -5.40. The molecule has 0 fully saturated rings. The summed E-state index contributed by atoms with van der Waals surface area (Å²) >= 11 is 0. The van der Waals surface area contributed by atoms with Crippen LogP contribution in [0.5, 0.6) is 0 Å². The van der Waals surface area contributed by atoms with Crippen LogP contribution in [0.25, 0.3) is 0 Å². The molecular weight excluding hydrogens is 265 g/mol. The number of hydrogen-bond acceptors (Lipinski definition) is 6. The number of alkyl halides is 3. The number of anilines is 2. The highest BCUT2D eigenvalue weighted by molar-refractivity contribution is 5.42. The summed E-state index contributed by atoms with van der Waals surface area (Å²) in [5.74, 6) is -0.180. The fourth-order valence-corrected chi connectivity index (χ4v) is 1.27. The minimum atomic E-state index is -4.56. The van der Waals surface area contributed by atoms with Crippen LogP contribution in [0.3, 0.4) is 0 Å². The Bertz CT molecular complexity index is 414. The average molecular weight is 280 g/mol. The number of aliphatic hydroxyl groups is 1. The van der Waals surface area contributed by atoms with Crippen LogP contribution in [0.2, 0.25) is 0 Å². The van der Waals surface area contributed by atoms with E-state index in [1.165, 1.54) is 14.2 Å². The summed E-state index contributed by atoms with van der Waals surface area (Å²) in [5, 5.41) is 14.4. The van der Waals surface area contributed by atoms with E-state index < -0.39 is 18.0 Å². The first-order valence-corrected chi connectivity index (χ1v) is 5.41. The molecule has 1 aromatic rings. The molecule has 3 N–H and O–H groups in total. The Hall–Kier alpha value is -1.61. The molecule has 0 amide bonds. The molecule has 0 aliphatic heterocycles. The first kappa shape index (κ1) is 15.4. The summed E-state index contributed by atoms with van der Waals surface area (Å²) < 4.78 is 42.5. The van der Waals surface area contributed by atoms with Gasteiger partial charge >= 0.3 is 6.18 Å². The summed E-state index contributed by atoms with van der Waals surface area (Å²) in [4.78, 5) is 7.12. The van der Waals surface area contributed by atoms with Gasteiger partial charge in [-0.1, -0.05) is 0 Å². The Morgan fingerprint density at radius 3 is 2.63 bits per heavy atom. The second-order valence-corrected chi connectivity index (χ2v) is 3.70. The molecule has 0 bridgehead atoms. The monoisotopic (exact) mass is 280 g/mol. The Morgan fingerprint density at radius 1 is 1.42 bits per heavy atom. The van der Waals surface area contributed by atoms with E-state index in [1.807, 2.05) is 0 Å². The van der Waals surface area contributed by atoms with Gasteiger partial charge in [0.1, 0.15) is 5.82 Å². The molecule has 1 rings (SSSR count).